The van der Waals surface area contributed by atoms with Crippen LogP contribution in [0.4, 0.5) is 18.9 Å². The van der Waals surface area contributed by atoms with E-state index in [9.17, 15) is 18.0 Å². The molecule has 1 saturated heterocycles. The fourth-order valence-corrected chi connectivity index (χ4v) is 3.63. The fourth-order valence-electron chi connectivity index (χ4n) is 3.63. The van der Waals surface area contributed by atoms with Gasteiger partial charge in [0.05, 0.1) is 29.5 Å². The number of rotatable bonds is 3. The summed E-state index contributed by atoms with van der Waals surface area (Å²) in [6, 6.07) is 1.86. The van der Waals surface area contributed by atoms with Gasteiger partial charge in [0.2, 0.25) is 5.91 Å². The lowest BCUT2D eigenvalue weighted by Gasteiger charge is -2.23. The zero-order valence-corrected chi connectivity index (χ0v) is 14.5. The summed E-state index contributed by atoms with van der Waals surface area (Å²) < 4.78 is 37.7. The van der Waals surface area contributed by atoms with Gasteiger partial charge in [-0.05, 0) is 12.5 Å². The van der Waals surface area contributed by atoms with E-state index in [2.05, 4.69) is 20.2 Å². The lowest BCUT2D eigenvalue weighted by molar-refractivity contribution is -0.160. The molecule has 7 nitrogen and oxygen atoms in total. The third-order valence-electron chi connectivity index (χ3n) is 4.83. The van der Waals surface area contributed by atoms with Crippen LogP contribution in [0.25, 0.3) is 21.9 Å². The Balaban J connectivity index is 1.61. The molecule has 1 unspecified atom stereocenters. The molecule has 1 fully saturated rings. The first-order valence-electron chi connectivity index (χ1n) is 8.47. The topological polar surface area (TPSA) is 78.0 Å². The molecule has 0 saturated carbocycles. The maximum absolute atomic E-state index is 12.6. The third-order valence-corrected chi connectivity index (χ3v) is 4.83. The van der Waals surface area contributed by atoms with Gasteiger partial charge in [0.25, 0.3) is 0 Å². The largest absolute Gasteiger partial charge is 0.406 e. The molecule has 3 aromatic rings. The first-order valence-corrected chi connectivity index (χ1v) is 8.47. The molecule has 1 aliphatic rings. The number of anilines is 1. The van der Waals surface area contributed by atoms with Gasteiger partial charge >= 0.3 is 6.18 Å². The van der Waals surface area contributed by atoms with Crippen LogP contribution in [0.2, 0.25) is 0 Å². The van der Waals surface area contributed by atoms with E-state index < -0.39 is 24.5 Å². The minimum Gasteiger partial charge on any atom is -0.369 e. The van der Waals surface area contributed by atoms with Crippen LogP contribution >= 0.6 is 0 Å². The number of carbonyl (C=O) groups is 1. The summed E-state index contributed by atoms with van der Waals surface area (Å²) in [7, 11) is 1.19. The van der Waals surface area contributed by atoms with Crippen LogP contribution in [-0.4, -0.2) is 63.8 Å². The smallest absolute Gasteiger partial charge is 0.369 e. The van der Waals surface area contributed by atoms with Crippen LogP contribution in [0.15, 0.2) is 24.7 Å². The van der Waals surface area contributed by atoms with Gasteiger partial charge in [-0.2, -0.15) is 18.3 Å². The molecule has 0 spiro atoms. The van der Waals surface area contributed by atoms with Gasteiger partial charge in [-0.3, -0.25) is 9.89 Å². The van der Waals surface area contributed by atoms with Crippen molar-refractivity contribution in [2.24, 2.45) is 5.92 Å². The maximum Gasteiger partial charge on any atom is 0.406 e. The molecule has 1 aliphatic heterocycles. The minimum absolute atomic E-state index is 0.347. The Bertz CT molecular complexity index is 1000. The summed E-state index contributed by atoms with van der Waals surface area (Å²) in [6.45, 7) is -0.326. The van der Waals surface area contributed by atoms with Crippen molar-refractivity contribution >= 4 is 33.5 Å². The van der Waals surface area contributed by atoms with Crippen molar-refractivity contribution in [3.05, 3.63) is 24.7 Å². The highest BCUT2D eigenvalue weighted by Crippen LogP contribution is 2.33. The summed E-state index contributed by atoms with van der Waals surface area (Å²) in [5, 5.41) is 8.80. The predicted octanol–water partition coefficient (Wildman–Crippen LogP) is 2.35. The van der Waals surface area contributed by atoms with Crippen LogP contribution in [0, 0.1) is 5.92 Å². The number of hydrogen-bond donors (Lipinski definition) is 1. The zero-order chi connectivity index (χ0) is 19.2. The summed E-state index contributed by atoms with van der Waals surface area (Å²) >= 11 is 0. The standard InChI is InChI=1S/C17H17F3N6O/c1-25(9-17(18,19)20)16(27)10-3-5-26(8-10)13-7-23-24-12-6-22-15-11(14(12)13)2-4-21-15/h2,4,6-7,10,24H,3,5,8-9H2,1H3. The van der Waals surface area contributed by atoms with Gasteiger partial charge in [0.15, 0.2) is 5.65 Å². The summed E-state index contributed by atoms with van der Waals surface area (Å²) in [5.41, 5.74) is 2.16. The number of pyridine rings is 1. The van der Waals surface area contributed by atoms with Crippen LogP contribution in [0.1, 0.15) is 6.42 Å². The van der Waals surface area contributed by atoms with E-state index in [-0.39, 0.29) is 0 Å². The number of nitrogens with one attached hydrogen (secondary N) is 1. The molecule has 27 heavy (non-hydrogen) atoms. The SMILES string of the molecule is CN(CC(F)(F)F)C(=O)C1CCN(c2cn[nH]c3cnc4nccc4c23)C1. The number of H-pyrrole nitrogens is 1. The van der Waals surface area contributed by atoms with E-state index in [1.54, 1.807) is 18.6 Å². The van der Waals surface area contributed by atoms with Gasteiger partial charge in [0.1, 0.15) is 6.54 Å². The van der Waals surface area contributed by atoms with E-state index in [4.69, 9.17) is 0 Å². The molecule has 1 N–H and O–H groups in total. The maximum atomic E-state index is 12.6. The Labute approximate surface area is 152 Å². The number of halogens is 3. The van der Waals surface area contributed by atoms with E-state index in [0.29, 0.717) is 25.2 Å². The van der Waals surface area contributed by atoms with Gasteiger partial charge in [0, 0.05) is 37.1 Å². The van der Waals surface area contributed by atoms with E-state index in [0.717, 1.165) is 26.9 Å². The second kappa shape index (κ2) is 6.36. The van der Waals surface area contributed by atoms with Crippen molar-refractivity contribution in [1.82, 2.24) is 25.1 Å². The number of hydrogen-bond acceptors (Lipinski definition) is 5. The molecule has 0 aromatic carbocycles. The van der Waals surface area contributed by atoms with Crippen LogP contribution in [0.5, 0.6) is 0 Å². The molecule has 10 heteroatoms. The van der Waals surface area contributed by atoms with E-state index in [1.165, 1.54) is 7.05 Å². The second-order valence-corrected chi connectivity index (χ2v) is 6.73. The molecule has 4 rings (SSSR count). The van der Waals surface area contributed by atoms with Crippen molar-refractivity contribution in [1.29, 1.82) is 0 Å². The highest BCUT2D eigenvalue weighted by molar-refractivity contribution is 6.09. The molecular weight excluding hydrogens is 361 g/mol. The Hall–Kier alpha value is -2.91. The predicted molar refractivity (Wildman–Crippen MR) is 93.2 cm³/mol. The summed E-state index contributed by atoms with van der Waals surface area (Å²) in [5.74, 6) is -0.969. The Kier molecular flexibility index (Phi) is 4.12. The lowest BCUT2D eigenvalue weighted by Crippen LogP contribution is -2.40. The zero-order valence-electron chi connectivity index (χ0n) is 14.5. The van der Waals surface area contributed by atoms with Crippen molar-refractivity contribution in [2.75, 3.05) is 31.6 Å². The van der Waals surface area contributed by atoms with Gasteiger partial charge in [-0.15, -0.1) is 0 Å². The number of carbonyl (C=O) groups excluding carboxylic acids is 1. The molecule has 4 heterocycles. The average molecular weight is 378 g/mol. The summed E-state index contributed by atoms with van der Waals surface area (Å²) in [4.78, 5) is 23.6. The molecule has 1 amide bonds. The molecule has 142 valence electrons. The van der Waals surface area contributed by atoms with E-state index >= 15 is 0 Å². The lowest BCUT2D eigenvalue weighted by atomic mass is 10.1. The molecular formula is C17H17F3N6O. The normalized spacial score (nSPS) is 17.8. The van der Waals surface area contributed by atoms with Crippen molar-refractivity contribution in [3.8, 4) is 0 Å². The Morgan fingerprint density at radius 1 is 1.37 bits per heavy atom. The van der Waals surface area contributed by atoms with Crippen molar-refractivity contribution < 1.29 is 18.0 Å². The molecule has 0 aliphatic carbocycles. The Morgan fingerprint density at radius 3 is 2.96 bits per heavy atom. The van der Waals surface area contributed by atoms with E-state index in [1.807, 2.05) is 11.0 Å². The first kappa shape index (κ1) is 17.5. The Morgan fingerprint density at radius 2 is 2.19 bits per heavy atom. The summed E-state index contributed by atoms with van der Waals surface area (Å²) in [6.07, 6.45) is 1.08. The molecule has 1 atom stereocenters. The number of nitrogens with zero attached hydrogens (tertiary/aromatic N) is 5. The fraction of sp³-hybridized carbons (Fsp3) is 0.412. The number of amides is 1. The second-order valence-electron chi connectivity index (χ2n) is 6.73. The molecule has 3 aromatic heterocycles. The third kappa shape index (κ3) is 3.26. The van der Waals surface area contributed by atoms with Crippen LogP contribution in [0.3, 0.4) is 0 Å². The quantitative estimate of drug-likeness (QED) is 0.757. The van der Waals surface area contributed by atoms with Crippen LogP contribution < -0.4 is 4.90 Å². The highest BCUT2D eigenvalue weighted by Gasteiger charge is 2.36. The van der Waals surface area contributed by atoms with Crippen molar-refractivity contribution in [3.63, 3.8) is 0 Å². The monoisotopic (exact) mass is 378 g/mol. The van der Waals surface area contributed by atoms with Crippen LogP contribution in [-0.2, 0) is 4.79 Å². The van der Waals surface area contributed by atoms with Gasteiger partial charge in [-0.25, -0.2) is 9.97 Å². The number of aromatic amines is 1. The molecule has 0 bridgehead atoms. The first-order chi connectivity index (χ1) is 12.8. The minimum atomic E-state index is -4.40. The van der Waals surface area contributed by atoms with Gasteiger partial charge in [-0.1, -0.05) is 0 Å². The number of aromatic nitrogens is 4. The average Bonchev–Trinajstić information content (AvgIpc) is 3.28. The number of fused-ring (bicyclic) bond motifs is 3. The number of alkyl halides is 3. The highest BCUT2D eigenvalue weighted by atomic mass is 19.4. The molecule has 0 radical (unpaired) electrons. The van der Waals surface area contributed by atoms with Gasteiger partial charge < -0.3 is 9.80 Å². The van der Waals surface area contributed by atoms with Crippen molar-refractivity contribution in [2.45, 2.75) is 12.6 Å².